The van der Waals surface area contributed by atoms with Crippen LogP contribution in [0.15, 0.2) is 40.9 Å². The number of hydrogen-bond donors (Lipinski definition) is 1. The predicted molar refractivity (Wildman–Crippen MR) is 88.4 cm³/mol. The second-order valence-corrected chi connectivity index (χ2v) is 5.72. The van der Waals surface area contributed by atoms with Crippen LogP contribution in [0.1, 0.15) is 11.1 Å². The van der Waals surface area contributed by atoms with E-state index in [0.29, 0.717) is 0 Å². The fraction of sp³-hybridized carbons (Fsp3) is 0.250. The molecule has 0 bridgehead atoms. The largest absolute Gasteiger partial charge is 0.497 e. The third-order valence-electron chi connectivity index (χ3n) is 3.30. The second kappa shape index (κ2) is 6.18. The fourth-order valence-corrected chi connectivity index (χ4v) is 2.77. The quantitative estimate of drug-likeness (QED) is 0.859. The number of nitrogen functional groups attached to an aromatic ring is 1. The van der Waals surface area contributed by atoms with E-state index in [9.17, 15) is 0 Å². The number of halogens is 1. The highest BCUT2D eigenvalue weighted by Crippen LogP contribution is 2.31. The standard InChI is InChI=1S/C16H19BrN2O/c1-11-7-16(14(17)9-15(11)18)19(2)10-12-5-4-6-13(8-12)20-3/h4-9H,10,18H2,1-3H3. The van der Waals surface area contributed by atoms with Gasteiger partial charge in [-0.2, -0.15) is 0 Å². The minimum Gasteiger partial charge on any atom is -0.497 e. The van der Waals surface area contributed by atoms with E-state index in [2.05, 4.69) is 46.1 Å². The summed E-state index contributed by atoms with van der Waals surface area (Å²) in [5, 5.41) is 0. The number of anilines is 2. The van der Waals surface area contributed by atoms with E-state index in [1.165, 1.54) is 5.56 Å². The lowest BCUT2D eigenvalue weighted by molar-refractivity contribution is 0.414. The molecule has 0 aromatic heterocycles. The zero-order valence-corrected chi connectivity index (χ0v) is 13.6. The molecule has 0 fully saturated rings. The van der Waals surface area contributed by atoms with E-state index in [1.54, 1.807) is 7.11 Å². The third-order valence-corrected chi connectivity index (χ3v) is 3.94. The maximum absolute atomic E-state index is 5.92. The summed E-state index contributed by atoms with van der Waals surface area (Å²) in [7, 11) is 3.75. The zero-order chi connectivity index (χ0) is 14.7. The fourth-order valence-electron chi connectivity index (χ4n) is 2.10. The van der Waals surface area contributed by atoms with Crippen LogP contribution in [0.25, 0.3) is 0 Å². The molecular weight excluding hydrogens is 316 g/mol. The van der Waals surface area contributed by atoms with Crippen molar-refractivity contribution in [1.29, 1.82) is 0 Å². The van der Waals surface area contributed by atoms with Gasteiger partial charge >= 0.3 is 0 Å². The lowest BCUT2D eigenvalue weighted by Gasteiger charge is -2.22. The molecule has 2 aromatic carbocycles. The van der Waals surface area contributed by atoms with Gasteiger partial charge in [-0.3, -0.25) is 0 Å². The SMILES string of the molecule is COc1cccc(CN(C)c2cc(C)c(N)cc2Br)c1. The molecule has 4 heteroatoms. The molecule has 3 nitrogen and oxygen atoms in total. The van der Waals surface area contributed by atoms with Crippen LogP contribution in [0.4, 0.5) is 11.4 Å². The molecular formula is C16H19BrN2O. The number of nitrogens with zero attached hydrogens (tertiary/aromatic N) is 1. The van der Waals surface area contributed by atoms with Gasteiger partial charge in [0.1, 0.15) is 5.75 Å². The Labute approximate surface area is 128 Å². The number of hydrogen-bond acceptors (Lipinski definition) is 3. The Balaban J connectivity index is 2.23. The molecule has 20 heavy (non-hydrogen) atoms. The van der Waals surface area contributed by atoms with Crippen LogP contribution in [0.5, 0.6) is 5.75 Å². The van der Waals surface area contributed by atoms with Crippen LogP contribution in [0.3, 0.4) is 0 Å². The maximum atomic E-state index is 5.92. The van der Waals surface area contributed by atoms with Crippen LogP contribution >= 0.6 is 15.9 Å². The molecule has 2 rings (SSSR count). The van der Waals surface area contributed by atoms with Gasteiger partial charge in [0, 0.05) is 23.8 Å². The van der Waals surface area contributed by atoms with Gasteiger partial charge < -0.3 is 15.4 Å². The topological polar surface area (TPSA) is 38.5 Å². The average molecular weight is 335 g/mol. The van der Waals surface area contributed by atoms with Crippen LogP contribution in [-0.2, 0) is 6.54 Å². The van der Waals surface area contributed by atoms with Gasteiger partial charge in [0.2, 0.25) is 0 Å². The Bertz CT molecular complexity index is 613. The third kappa shape index (κ3) is 3.25. The van der Waals surface area contributed by atoms with Gasteiger partial charge in [0.15, 0.2) is 0 Å². The van der Waals surface area contributed by atoms with Gasteiger partial charge in [-0.15, -0.1) is 0 Å². The molecule has 0 aliphatic heterocycles. The molecule has 0 aliphatic rings. The van der Waals surface area contributed by atoms with Crippen molar-refractivity contribution in [1.82, 2.24) is 0 Å². The van der Waals surface area contributed by atoms with Crippen molar-refractivity contribution in [2.75, 3.05) is 24.8 Å². The number of rotatable bonds is 4. The molecule has 0 heterocycles. The summed E-state index contributed by atoms with van der Waals surface area (Å²) in [6, 6.07) is 12.1. The van der Waals surface area contributed by atoms with Crippen molar-refractivity contribution in [3.8, 4) is 5.75 Å². The van der Waals surface area contributed by atoms with E-state index >= 15 is 0 Å². The van der Waals surface area contributed by atoms with Gasteiger partial charge in [0.25, 0.3) is 0 Å². The van der Waals surface area contributed by atoms with Crippen molar-refractivity contribution in [3.05, 3.63) is 52.0 Å². The number of ether oxygens (including phenoxy) is 1. The van der Waals surface area contributed by atoms with Crippen LogP contribution in [0, 0.1) is 6.92 Å². The molecule has 0 saturated carbocycles. The van der Waals surface area contributed by atoms with Gasteiger partial charge in [-0.25, -0.2) is 0 Å². The first-order valence-electron chi connectivity index (χ1n) is 6.41. The molecule has 0 spiro atoms. The van der Waals surface area contributed by atoms with E-state index in [1.807, 2.05) is 25.1 Å². The molecule has 0 aliphatic carbocycles. The van der Waals surface area contributed by atoms with Crippen LogP contribution in [-0.4, -0.2) is 14.2 Å². The molecule has 0 atom stereocenters. The Morgan fingerprint density at radius 3 is 2.70 bits per heavy atom. The van der Waals surface area contributed by atoms with Crippen molar-refractivity contribution < 1.29 is 4.74 Å². The molecule has 106 valence electrons. The van der Waals surface area contributed by atoms with E-state index in [-0.39, 0.29) is 0 Å². The highest BCUT2D eigenvalue weighted by atomic mass is 79.9. The van der Waals surface area contributed by atoms with Gasteiger partial charge in [-0.1, -0.05) is 12.1 Å². The Hall–Kier alpha value is -1.68. The first-order chi connectivity index (χ1) is 9.51. The van der Waals surface area contributed by atoms with Crippen molar-refractivity contribution in [2.24, 2.45) is 0 Å². The lowest BCUT2D eigenvalue weighted by atomic mass is 10.1. The molecule has 0 saturated heterocycles. The highest BCUT2D eigenvalue weighted by Gasteiger charge is 2.09. The average Bonchev–Trinajstić information content (AvgIpc) is 2.43. The van der Waals surface area contributed by atoms with E-state index < -0.39 is 0 Å². The molecule has 2 N–H and O–H groups in total. The highest BCUT2D eigenvalue weighted by molar-refractivity contribution is 9.10. The van der Waals surface area contributed by atoms with Crippen LogP contribution in [0.2, 0.25) is 0 Å². The first kappa shape index (κ1) is 14.7. The van der Waals surface area contributed by atoms with Gasteiger partial charge in [-0.05, 0) is 58.2 Å². The van der Waals surface area contributed by atoms with E-state index in [4.69, 9.17) is 10.5 Å². The number of nitrogens with two attached hydrogens (primary N) is 1. The summed E-state index contributed by atoms with van der Waals surface area (Å²) in [4.78, 5) is 2.19. The number of aryl methyl sites for hydroxylation is 1. The Morgan fingerprint density at radius 1 is 1.25 bits per heavy atom. The minimum atomic E-state index is 0.801. The lowest BCUT2D eigenvalue weighted by Crippen LogP contribution is -2.17. The summed E-state index contributed by atoms with van der Waals surface area (Å²) < 4.78 is 6.26. The second-order valence-electron chi connectivity index (χ2n) is 4.87. The predicted octanol–water partition coefficient (Wildman–Crippen LogP) is 3.98. The van der Waals surface area contributed by atoms with E-state index in [0.717, 1.165) is 33.7 Å². The molecule has 0 amide bonds. The molecule has 0 radical (unpaired) electrons. The zero-order valence-electron chi connectivity index (χ0n) is 12.0. The minimum absolute atomic E-state index is 0.801. The smallest absolute Gasteiger partial charge is 0.119 e. The van der Waals surface area contributed by atoms with Gasteiger partial charge in [0.05, 0.1) is 12.8 Å². The normalized spacial score (nSPS) is 10.4. The molecule has 2 aromatic rings. The summed E-state index contributed by atoms with van der Waals surface area (Å²) in [6.45, 7) is 2.82. The summed E-state index contributed by atoms with van der Waals surface area (Å²) in [5.41, 5.74) is 10.1. The number of methoxy groups -OCH3 is 1. The number of benzene rings is 2. The summed E-state index contributed by atoms with van der Waals surface area (Å²) >= 11 is 3.58. The summed E-state index contributed by atoms with van der Waals surface area (Å²) in [6.07, 6.45) is 0. The maximum Gasteiger partial charge on any atom is 0.119 e. The first-order valence-corrected chi connectivity index (χ1v) is 7.20. The van der Waals surface area contributed by atoms with Crippen molar-refractivity contribution >= 4 is 27.3 Å². The van der Waals surface area contributed by atoms with Crippen molar-refractivity contribution in [3.63, 3.8) is 0 Å². The summed E-state index contributed by atoms with van der Waals surface area (Å²) in [5.74, 6) is 0.878. The Kier molecular flexibility index (Phi) is 4.55. The van der Waals surface area contributed by atoms with Crippen molar-refractivity contribution in [2.45, 2.75) is 13.5 Å². The monoisotopic (exact) mass is 334 g/mol. The molecule has 0 unspecified atom stereocenters. The Morgan fingerprint density at radius 2 is 2.00 bits per heavy atom. The van der Waals surface area contributed by atoms with Crippen LogP contribution < -0.4 is 15.4 Å².